The normalized spacial score (nSPS) is 15.9. The van der Waals surface area contributed by atoms with Crippen molar-refractivity contribution in [3.63, 3.8) is 0 Å². The number of halogens is 1. The van der Waals surface area contributed by atoms with Crippen LogP contribution in [0.4, 0.5) is 5.82 Å². The zero-order chi connectivity index (χ0) is 13.7. The maximum Gasteiger partial charge on any atom is 0.134 e. The fourth-order valence-corrected chi connectivity index (χ4v) is 2.59. The molecule has 1 aromatic rings. The van der Waals surface area contributed by atoms with E-state index < -0.39 is 0 Å². The first kappa shape index (κ1) is 14.5. The molecule has 5 heteroatoms. The van der Waals surface area contributed by atoms with Gasteiger partial charge in [0.25, 0.3) is 0 Å². The molecule has 0 saturated carbocycles. The van der Waals surface area contributed by atoms with Gasteiger partial charge in [-0.05, 0) is 32.4 Å². The van der Waals surface area contributed by atoms with E-state index in [1.807, 2.05) is 6.07 Å². The number of anilines is 1. The Kier molecular flexibility index (Phi) is 5.40. The Balaban J connectivity index is 1.94. The highest BCUT2D eigenvalue weighted by Gasteiger charge is 2.13. The standard InChI is InChI=1S/C14H23ClN4/c1-3-6-13-16-12(15)11-14(17-13)18(2)9-10-19-7-4-5-8-19/h11H,3-10H2,1-2H3. The SMILES string of the molecule is CCCc1nc(Cl)cc(N(C)CCN2CCCC2)n1. The average Bonchev–Trinajstić information content (AvgIpc) is 2.88. The minimum Gasteiger partial charge on any atom is -0.358 e. The molecule has 4 nitrogen and oxygen atoms in total. The van der Waals surface area contributed by atoms with E-state index in [4.69, 9.17) is 11.6 Å². The van der Waals surface area contributed by atoms with Crippen molar-refractivity contribution in [2.45, 2.75) is 32.6 Å². The highest BCUT2D eigenvalue weighted by atomic mass is 35.5. The Morgan fingerprint density at radius 1 is 1.32 bits per heavy atom. The molecule has 1 aliphatic heterocycles. The van der Waals surface area contributed by atoms with Gasteiger partial charge >= 0.3 is 0 Å². The van der Waals surface area contributed by atoms with E-state index >= 15 is 0 Å². The lowest BCUT2D eigenvalue weighted by Gasteiger charge is -2.22. The van der Waals surface area contributed by atoms with E-state index in [-0.39, 0.29) is 0 Å². The van der Waals surface area contributed by atoms with Crippen LogP contribution < -0.4 is 4.90 Å². The molecule has 106 valence electrons. The third kappa shape index (κ3) is 4.32. The third-order valence-electron chi connectivity index (χ3n) is 3.54. The highest BCUT2D eigenvalue weighted by molar-refractivity contribution is 6.29. The van der Waals surface area contributed by atoms with E-state index in [0.29, 0.717) is 5.15 Å². The summed E-state index contributed by atoms with van der Waals surface area (Å²) in [5, 5.41) is 0.543. The van der Waals surface area contributed by atoms with Crippen molar-refractivity contribution in [1.29, 1.82) is 0 Å². The molecule has 19 heavy (non-hydrogen) atoms. The number of hydrogen-bond acceptors (Lipinski definition) is 4. The molecule has 0 amide bonds. The summed E-state index contributed by atoms with van der Waals surface area (Å²) in [6, 6.07) is 1.85. The number of aryl methyl sites for hydroxylation is 1. The summed E-state index contributed by atoms with van der Waals surface area (Å²) < 4.78 is 0. The van der Waals surface area contributed by atoms with Gasteiger partial charge in [0.1, 0.15) is 16.8 Å². The number of aromatic nitrogens is 2. The lowest BCUT2D eigenvalue weighted by molar-refractivity contribution is 0.346. The summed E-state index contributed by atoms with van der Waals surface area (Å²) in [7, 11) is 2.07. The van der Waals surface area contributed by atoms with Crippen molar-refractivity contribution in [2.75, 3.05) is 38.1 Å². The average molecular weight is 283 g/mol. The summed E-state index contributed by atoms with van der Waals surface area (Å²) >= 11 is 6.07. The van der Waals surface area contributed by atoms with E-state index in [1.54, 1.807) is 0 Å². The molecule has 0 N–H and O–H groups in total. The van der Waals surface area contributed by atoms with Crippen LogP contribution >= 0.6 is 11.6 Å². The summed E-state index contributed by atoms with van der Waals surface area (Å²) in [4.78, 5) is 13.5. The summed E-state index contributed by atoms with van der Waals surface area (Å²) in [6.07, 6.45) is 4.60. The zero-order valence-electron chi connectivity index (χ0n) is 11.9. The Labute approximate surface area is 120 Å². The van der Waals surface area contributed by atoms with Crippen molar-refractivity contribution >= 4 is 17.4 Å². The first-order chi connectivity index (χ1) is 9.19. The van der Waals surface area contributed by atoms with Crippen molar-refractivity contribution < 1.29 is 0 Å². The smallest absolute Gasteiger partial charge is 0.134 e. The zero-order valence-corrected chi connectivity index (χ0v) is 12.7. The van der Waals surface area contributed by atoms with Crippen molar-refractivity contribution in [3.8, 4) is 0 Å². The molecule has 1 fully saturated rings. The molecule has 2 rings (SSSR count). The van der Waals surface area contributed by atoms with Crippen molar-refractivity contribution in [2.24, 2.45) is 0 Å². The molecule has 0 spiro atoms. The van der Waals surface area contributed by atoms with Gasteiger partial charge in [-0.3, -0.25) is 0 Å². The fraction of sp³-hybridized carbons (Fsp3) is 0.714. The highest BCUT2D eigenvalue weighted by Crippen LogP contribution is 2.16. The maximum atomic E-state index is 6.07. The second kappa shape index (κ2) is 7.06. The van der Waals surface area contributed by atoms with Crippen LogP contribution in [0, 0.1) is 0 Å². The minimum absolute atomic E-state index is 0.543. The van der Waals surface area contributed by atoms with E-state index in [1.165, 1.54) is 25.9 Å². The predicted octanol–water partition coefficient (Wildman–Crippen LogP) is 2.61. The fourth-order valence-electron chi connectivity index (χ4n) is 2.39. The monoisotopic (exact) mass is 282 g/mol. The Morgan fingerprint density at radius 3 is 2.74 bits per heavy atom. The van der Waals surface area contributed by atoms with Crippen LogP contribution in [-0.2, 0) is 6.42 Å². The largest absolute Gasteiger partial charge is 0.358 e. The van der Waals surface area contributed by atoms with Gasteiger partial charge in [0, 0.05) is 32.6 Å². The van der Waals surface area contributed by atoms with Gasteiger partial charge in [-0.15, -0.1) is 0 Å². The summed E-state index contributed by atoms with van der Waals surface area (Å²) in [5.41, 5.74) is 0. The molecule has 0 unspecified atom stereocenters. The molecule has 0 bridgehead atoms. The number of hydrogen-bond donors (Lipinski definition) is 0. The second-order valence-corrected chi connectivity index (χ2v) is 5.57. The predicted molar refractivity (Wildman–Crippen MR) is 80.0 cm³/mol. The molecule has 0 aliphatic carbocycles. The van der Waals surface area contributed by atoms with Crippen LogP contribution in [0.2, 0.25) is 5.15 Å². The van der Waals surface area contributed by atoms with E-state index in [0.717, 1.165) is 37.6 Å². The second-order valence-electron chi connectivity index (χ2n) is 5.19. The Bertz CT molecular complexity index is 404. The molecule has 1 aliphatic rings. The quantitative estimate of drug-likeness (QED) is 0.751. The lowest BCUT2D eigenvalue weighted by atomic mass is 10.3. The van der Waals surface area contributed by atoms with Gasteiger partial charge in [0.05, 0.1) is 0 Å². The van der Waals surface area contributed by atoms with Crippen LogP contribution in [0.3, 0.4) is 0 Å². The molecule has 1 saturated heterocycles. The third-order valence-corrected chi connectivity index (χ3v) is 3.74. The van der Waals surface area contributed by atoms with Gasteiger partial charge < -0.3 is 9.80 Å². The molecular weight excluding hydrogens is 260 g/mol. The summed E-state index contributed by atoms with van der Waals surface area (Å²) in [6.45, 7) is 6.68. The lowest BCUT2D eigenvalue weighted by Crippen LogP contribution is -2.32. The minimum atomic E-state index is 0.543. The molecule has 0 atom stereocenters. The molecular formula is C14H23ClN4. The van der Waals surface area contributed by atoms with Crippen LogP contribution in [0.25, 0.3) is 0 Å². The topological polar surface area (TPSA) is 32.3 Å². The van der Waals surface area contributed by atoms with Crippen molar-refractivity contribution in [1.82, 2.24) is 14.9 Å². The maximum absolute atomic E-state index is 6.07. The first-order valence-electron chi connectivity index (χ1n) is 7.16. The van der Waals surface area contributed by atoms with Gasteiger partial charge in [0.15, 0.2) is 0 Å². The Morgan fingerprint density at radius 2 is 2.05 bits per heavy atom. The van der Waals surface area contributed by atoms with Gasteiger partial charge in [0.2, 0.25) is 0 Å². The molecule has 1 aromatic heterocycles. The van der Waals surface area contributed by atoms with E-state index in [9.17, 15) is 0 Å². The molecule has 0 aromatic carbocycles. The van der Waals surface area contributed by atoms with Crippen LogP contribution in [0.15, 0.2) is 6.07 Å². The van der Waals surface area contributed by atoms with Crippen LogP contribution in [0.5, 0.6) is 0 Å². The molecule has 2 heterocycles. The van der Waals surface area contributed by atoms with E-state index in [2.05, 4.69) is 33.7 Å². The van der Waals surface area contributed by atoms with Crippen LogP contribution in [-0.4, -0.2) is 48.1 Å². The number of rotatable bonds is 6. The first-order valence-corrected chi connectivity index (χ1v) is 7.54. The van der Waals surface area contributed by atoms with Gasteiger partial charge in [-0.1, -0.05) is 18.5 Å². The number of nitrogens with zero attached hydrogens (tertiary/aromatic N) is 4. The van der Waals surface area contributed by atoms with Crippen LogP contribution in [0.1, 0.15) is 32.0 Å². The number of likely N-dealkylation sites (tertiary alicyclic amines) is 1. The van der Waals surface area contributed by atoms with Gasteiger partial charge in [-0.2, -0.15) is 0 Å². The Hall–Kier alpha value is -0.870. The number of likely N-dealkylation sites (N-methyl/N-ethyl adjacent to an activating group) is 1. The van der Waals surface area contributed by atoms with Crippen molar-refractivity contribution in [3.05, 3.63) is 17.0 Å². The molecule has 0 radical (unpaired) electrons. The van der Waals surface area contributed by atoms with Gasteiger partial charge in [-0.25, -0.2) is 9.97 Å². The summed E-state index contributed by atoms with van der Waals surface area (Å²) in [5.74, 6) is 1.78.